The number of hydrogen-bond donors (Lipinski definition) is 0. The Morgan fingerprint density at radius 2 is 2.10 bits per heavy atom. The van der Waals surface area contributed by atoms with E-state index in [1.807, 2.05) is 30.3 Å². The molecule has 1 saturated heterocycles. The van der Waals surface area contributed by atoms with Crippen LogP contribution in [0.2, 0.25) is 0 Å². The molecule has 0 saturated carbocycles. The van der Waals surface area contributed by atoms with E-state index in [1.54, 1.807) is 17.1 Å². The molecule has 0 bridgehead atoms. The molecule has 1 aliphatic heterocycles. The number of rotatable bonds is 4. The molecule has 0 spiro atoms. The average Bonchev–Trinajstić information content (AvgIpc) is 2.99. The fourth-order valence-electron chi connectivity index (χ4n) is 2.31. The maximum Gasteiger partial charge on any atom is 0.199 e. The summed E-state index contributed by atoms with van der Waals surface area (Å²) in [5.74, 6) is 0.729. The van der Waals surface area contributed by atoms with E-state index in [9.17, 15) is 8.42 Å². The van der Waals surface area contributed by atoms with Gasteiger partial charge in [0, 0.05) is 0 Å². The Kier molecular flexibility index (Phi) is 3.48. The lowest BCUT2D eigenvalue weighted by atomic mass is 10.2. The molecule has 106 valence electrons. The zero-order valence-electron chi connectivity index (χ0n) is 11.0. The van der Waals surface area contributed by atoms with Gasteiger partial charge in [-0.3, -0.25) is 4.68 Å². The molecule has 2 heterocycles. The van der Waals surface area contributed by atoms with Crippen LogP contribution < -0.4 is 4.74 Å². The van der Waals surface area contributed by atoms with Crippen LogP contribution in [0.1, 0.15) is 18.4 Å². The van der Waals surface area contributed by atoms with Crippen LogP contribution in [-0.2, 0) is 16.4 Å². The highest BCUT2D eigenvalue weighted by atomic mass is 32.2. The second-order valence-electron chi connectivity index (χ2n) is 4.92. The molecule has 0 radical (unpaired) electrons. The van der Waals surface area contributed by atoms with Gasteiger partial charge in [0.1, 0.15) is 0 Å². The van der Waals surface area contributed by atoms with Gasteiger partial charge in [-0.2, -0.15) is 5.10 Å². The van der Waals surface area contributed by atoms with E-state index in [2.05, 4.69) is 5.10 Å². The van der Waals surface area contributed by atoms with Crippen LogP contribution in [0.5, 0.6) is 5.75 Å². The van der Waals surface area contributed by atoms with Crippen molar-refractivity contribution in [3.05, 3.63) is 48.3 Å². The van der Waals surface area contributed by atoms with Crippen molar-refractivity contribution in [1.29, 1.82) is 0 Å². The van der Waals surface area contributed by atoms with Gasteiger partial charge in [-0.1, -0.05) is 30.3 Å². The van der Waals surface area contributed by atoms with Gasteiger partial charge in [0.05, 0.1) is 24.7 Å². The van der Waals surface area contributed by atoms with Crippen LogP contribution in [-0.4, -0.2) is 29.4 Å². The predicted molar refractivity (Wildman–Crippen MR) is 75.2 cm³/mol. The molecule has 1 aliphatic rings. The topological polar surface area (TPSA) is 61.2 Å². The van der Waals surface area contributed by atoms with Crippen LogP contribution in [0.25, 0.3) is 0 Å². The van der Waals surface area contributed by atoms with E-state index < -0.39 is 15.3 Å². The second kappa shape index (κ2) is 5.28. The smallest absolute Gasteiger partial charge is 0.199 e. The number of hydrogen-bond acceptors (Lipinski definition) is 4. The SMILES string of the molecule is O=S1(=O)CCCC1Oc1cnn(Cc2ccccc2)c1. The monoisotopic (exact) mass is 292 g/mol. The molecule has 0 aliphatic carbocycles. The molecule has 20 heavy (non-hydrogen) atoms. The second-order valence-corrected chi connectivity index (χ2v) is 7.18. The van der Waals surface area contributed by atoms with Gasteiger partial charge in [-0.25, -0.2) is 8.42 Å². The summed E-state index contributed by atoms with van der Waals surface area (Å²) in [5.41, 5.74) is 0.424. The summed E-state index contributed by atoms with van der Waals surface area (Å²) in [7, 11) is -3.09. The normalized spacial score (nSPS) is 20.9. The molecule has 5 nitrogen and oxygen atoms in total. The van der Waals surface area contributed by atoms with E-state index in [4.69, 9.17) is 4.74 Å². The average molecular weight is 292 g/mol. The predicted octanol–water partition coefficient (Wildman–Crippen LogP) is 1.84. The summed E-state index contributed by atoms with van der Waals surface area (Å²) in [5, 5.41) is 4.20. The van der Waals surface area contributed by atoms with Crippen molar-refractivity contribution in [1.82, 2.24) is 9.78 Å². The van der Waals surface area contributed by atoms with Gasteiger partial charge in [-0.15, -0.1) is 0 Å². The largest absolute Gasteiger partial charge is 0.471 e. The maximum atomic E-state index is 11.7. The lowest BCUT2D eigenvalue weighted by Crippen LogP contribution is -2.22. The van der Waals surface area contributed by atoms with Crippen molar-refractivity contribution in [2.75, 3.05) is 5.75 Å². The molecule has 1 aromatic heterocycles. The Morgan fingerprint density at radius 1 is 1.30 bits per heavy atom. The van der Waals surface area contributed by atoms with Crippen molar-refractivity contribution in [2.24, 2.45) is 0 Å². The van der Waals surface area contributed by atoms with Crippen molar-refractivity contribution in [3.63, 3.8) is 0 Å². The third-order valence-electron chi connectivity index (χ3n) is 3.33. The lowest BCUT2D eigenvalue weighted by molar-refractivity contribution is 0.273. The van der Waals surface area contributed by atoms with Crippen LogP contribution in [0.15, 0.2) is 42.7 Å². The molecule has 6 heteroatoms. The van der Waals surface area contributed by atoms with Crippen molar-refractivity contribution in [3.8, 4) is 5.75 Å². The molecule has 1 aromatic carbocycles. The third kappa shape index (κ3) is 2.85. The number of ether oxygens (including phenoxy) is 1. The Bertz CT molecular complexity index is 679. The maximum absolute atomic E-state index is 11.7. The highest BCUT2D eigenvalue weighted by Gasteiger charge is 2.33. The highest BCUT2D eigenvalue weighted by Crippen LogP contribution is 2.23. The zero-order chi connectivity index (χ0) is 14.0. The summed E-state index contributed by atoms with van der Waals surface area (Å²) in [6, 6.07) is 9.95. The first kappa shape index (κ1) is 13.2. The Labute approximate surface area is 118 Å². The first-order valence-corrected chi connectivity index (χ1v) is 8.30. The Balaban J connectivity index is 1.68. The minimum atomic E-state index is -3.09. The number of sulfone groups is 1. The molecule has 1 atom stereocenters. The van der Waals surface area contributed by atoms with Crippen molar-refractivity contribution < 1.29 is 13.2 Å². The Morgan fingerprint density at radius 3 is 2.80 bits per heavy atom. The lowest BCUT2D eigenvalue weighted by Gasteiger charge is -2.10. The summed E-state index contributed by atoms with van der Waals surface area (Å²) in [6.07, 6.45) is 4.54. The van der Waals surface area contributed by atoms with E-state index in [-0.39, 0.29) is 5.75 Å². The summed E-state index contributed by atoms with van der Waals surface area (Å²) in [6.45, 7) is 0.640. The quantitative estimate of drug-likeness (QED) is 0.862. The van der Waals surface area contributed by atoms with E-state index in [0.29, 0.717) is 25.1 Å². The van der Waals surface area contributed by atoms with Gasteiger partial charge in [0.25, 0.3) is 0 Å². The minimum Gasteiger partial charge on any atom is -0.471 e. The molecular weight excluding hydrogens is 276 g/mol. The van der Waals surface area contributed by atoms with Crippen molar-refractivity contribution >= 4 is 9.84 Å². The van der Waals surface area contributed by atoms with Crippen molar-refractivity contribution in [2.45, 2.75) is 24.8 Å². The highest BCUT2D eigenvalue weighted by molar-refractivity contribution is 7.92. The van der Waals surface area contributed by atoms with Gasteiger partial charge in [0.15, 0.2) is 21.0 Å². The molecule has 1 unspecified atom stereocenters. The zero-order valence-corrected chi connectivity index (χ0v) is 11.8. The van der Waals surface area contributed by atoms with E-state index >= 15 is 0 Å². The molecule has 0 N–H and O–H groups in total. The molecule has 1 fully saturated rings. The molecule has 0 amide bonds. The summed E-state index contributed by atoms with van der Waals surface area (Å²) in [4.78, 5) is 0. The fraction of sp³-hybridized carbons (Fsp3) is 0.357. The molecule has 3 rings (SSSR count). The summed E-state index contributed by atoms with van der Waals surface area (Å²) < 4.78 is 30.7. The fourth-order valence-corrected chi connectivity index (χ4v) is 3.92. The van der Waals surface area contributed by atoms with Crippen LogP contribution in [0.3, 0.4) is 0 Å². The molecule has 2 aromatic rings. The van der Waals surface area contributed by atoms with E-state index in [0.717, 1.165) is 5.56 Å². The first-order chi connectivity index (χ1) is 9.63. The first-order valence-electron chi connectivity index (χ1n) is 6.58. The van der Waals surface area contributed by atoms with Crippen LogP contribution in [0.4, 0.5) is 0 Å². The molecular formula is C14H16N2O3S. The number of benzene rings is 1. The number of nitrogens with zero attached hydrogens (tertiary/aromatic N) is 2. The summed E-state index contributed by atoms with van der Waals surface area (Å²) >= 11 is 0. The standard InChI is InChI=1S/C14H16N2O3S/c17-20(18)8-4-7-14(20)19-13-9-15-16(11-13)10-12-5-2-1-3-6-12/h1-3,5-6,9,11,14H,4,7-8,10H2. The van der Waals surface area contributed by atoms with Gasteiger partial charge >= 0.3 is 0 Å². The Hall–Kier alpha value is -1.82. The van der Waals surface area contributed by atoms with Gasteiger partial charge < -0.3 is 4.74 Å². The van der Waals surface area contributed by atoms with E-state index in [1.165, 1.54) is 0 Å². The third-order valence-corrected chi connectivity index (χ3v) is 5.32. The number of aromatic nitrogens is 2. The van der Waals surface area contributed by atoms with Crippen LogP contribution >= 0.6 is 0 Å². The van der Waals surface area contributed by atoms with Gasteiger partial charge in [0.2, 0.25) is 0 Å². The van der Waals surface area contributed by atoms with Crippen LogP contribution in [0, 0.1) is 0 Å². The van der Waals surface area contributed by atoms with Gasteiger partial charge in [-0.05, 0) is 18.4 Å². The minimum absolute atomic E-state index is 0.218.